The molecule has 6 nitrogen and oxygen atoms in total. The van der Waals surface area contributed by atoms with Crippen molar-refractivity contribution >= 4 is 40.4 Å². The van der Waals surface area contributed by atoms with Crippen molar-refractivity contribution in [2.75, 3.05) is 4.90 Å². The highest BCUT2D eigenvalue weighted by Gasteiger charge is 2.38. The molecule has 2 N–H and O–H groups in total. The highest BCUT2D eigenvalue weighted by Crippen LogP contribution is 2.30. The number of hydrogen-bond donors (Lipinski definition) is 2. The van der Waals surface area contributed by atoms with Crippen molar-refractivity contribution in [1.29, 1.82) is 0 Å². The zero-order valence-corrected chi connectivity index (χ0v) is 17.4. The topological polar surface area (TPSA) is 78.9 Å². The van der Waals surface area contributed by atoms with Crippen LogP contribution in [0.25, 0.3) is 0 Å². The summed E-state index contributed by atoms with van der Waals surface area (Å²) < 4.78 is 37.6. The van der Waals surface area contributed by atoms with Crippen LogP contribution < -0.4 is 10.2 Å². The standard InChI is InChI=1S/C17H20N2O2S2.C2HF3O2/c20-17(21-16-7-13-1-2-14(8-16)18-13)19(15-4-6-23-11-15)9-12-3-5-22-10-12;3-2(4,5)1(6)7/h3-6,10-11,13-14,16,18H,1-2,7-9H2;(H,6,7). The Labute approximate surface area is 179 Å². The molecule has 2 aromatic heterocycles. The monoisotopic (exact) mass is 462 g/mol. The fourth-order valence-electron chi connectivity index (χ4n) is 3.54. The number of carbonyl (C=O) groups is 2. The summed E-state index contributed by atoms with van der Waals surface area (Å²) in [6.45, 7) is 0.566. The molecular weight excluding hydrogens is 441 g/mol. The zero-order valence-electron chi connectivity index (χ0n) is 15.8. The number of carboxylic acids is 1. The van der Waals surface area contributed by atoms with Gasteiger partial charge in [-0.2, -0.15) is 35.8 Å². The molecule has 2 bridgehead atoms. The number of carboxylic acid groups (broad SMARTS) is 1. The summed E-state index contributed by atoms with van der Waals surface area (Å²) >= 11 is 3.25. The molecule has 0 saturated carbocycles. The van der Waals surface area contributed by atoms with E-state index in [4.69, 9.17) is 14.6 Å². The predicted octanol–water partition coefficient (Wildman–Crippen LogP) is 4.87. The lowest BCUT2D eigenvalue weighted by atomic mass is 10.0. The van der Waals surface area contributed by atoms with E-state index < -0.39 is 12.1 Å². The second kappa shape index (κ2) is 9.80. The second-order valence-electron chi connectivity index (χ2n) is 7.12. The molecule has 164 valence electrons. The molecule has 4 rings (SSSR count). The minimum absolute atomic E-state index is 0.0462. The number of amides is 1. The van der Waals surface area contributed by atoms with Gasteiger partial charge in [0.1, 0.15) is 6.10 Å². The van der Waals surface area contributed by atoms with E-state index in [0.717, 1.165) is 24.1 Å². The summed E-state index contributed by atoms with van der Waals surface area (Å²) in [7, 11) is 0. The molecule has 0 radical (unpaired) electrons. The van der Waals surface area contributed by atoms with Crippen molar-refractivity contribution in [1.82, 2.24) is 5.32 Å². The van der Waals surface area contributed by atoms with E-state index in [-0.39, 0.29) is 12.2 Å². The van der Waals surface area contributed by atoms with E-state index in [2.05, 4.69) is 16.8 Å². The van der Waals surface area contributed by atoms with Gasteiger partial charge >= 0.3 is 18.2 Å². The third-order valence-corrected chi connectivity index (χ3v) is 6.30. The summed E-state index contributed by atoms with van der Waals surface area (Å²) in [4.78, 5) is 23.4. The predicted molar refractivity (Wildman–Crippen MR) is 108 cm³/mol. The molecule has 0 aliphatic carbocycles. The Bertz CT molecular complexity index is 815. The van der Waals surface area contributed by atoms with Crippen molar-refractivity contribution in [3.63, 3.8) is 0 Å². The van der Waals surface area contributed by atoms with Crippen LogP contribution in [-0.4, -0.2) is 41.5 Å². The average molecular weight is 463 g/mol. The molecular formula is C19H21F3N2O4S2. The highest BCUT2D eigenvalue weighted by molar-refractivity contribution is 7.08. The van der Waals surface area contributed by atoms with E-state index in [1.807, 2.05) is 22.2 Å². The lowest BCUT2D eigenvalue weighted by Crippen LogP contribution is -2.44. The molecule has 4 heterocycles. The maximum Gasteiger partial charge on any atom is 0.490 e. The van der Waals surface area contributed by atoms with Crippen LogP contribution in [0.4, 0.5) is 23.7 Å². The number of carbonyl (C=O) groups excluding carboxylic acids is 1. The van der Waals surface area contributed by atoms with Crippen LogP contribution in [0.15, 0.2) is 33.7 Å². The van der Waals surface area contributed by atoms with Gasteiger partial charge in [0.2, 0.25) is 0 Å². The van der Waals surface area contributed by atoms with E-state index in [1.54, 1.807) is 27.6 Å². The largest absolute Gasteiger partial charge is 0.490 e. The Balaban J connectivity index is 0.000000318. The molecule has 30 heavy (non-hydrogen) atoms. The van der Waals surface area contributed by atoms with Crippen LogP contribution in [-0.2, 0) is 16.1 Å². The van der Waals surface area contributed by atoms with Crippen molar-refractivity contribution in [2.45, 2.75) is 56.6 Å². The van der Waals surface area contributed by atoms with Gasteiger partial charge in [-0.05, 0) is 59.5 Å². The molecule has 2 saturated heterocycles. The molecule has 0 aromatic carbocycles. The number of thiophene rings is 2. The zero-order chi connectivity index (χ0) is 21.7. The van der Waals surface area contributed by atoms with Gasteiger partial charge in [0.15, 0.2) is 0 Å². The van der Waals surface area contributed by atoms with Crippen molar-refractivity contribution in [2.24, 2.45) is 0 Å². The molecule has 2 aliphatic heterocycles. The summed E-state index contributed by atoms with van der Waals surface area (Å²) in [6.07, 6.45) is -0.953. The van der Waals surface area contributed by atoms with Gasteiger partial charge in [0, 0.05) is 17.5 Å². The first-order valence-electron chi connectivity index (χ1n) is 9.30. The van der Waals surface area contributed by atoms with Gasteiger partial charge in [0.05, 0.1) is 12.2 Å². The van der Waals surface area contributed by atoms with Gasteiger partial charge < -0.3 is 15.2 Å². The van der Waals surface area contributed by atoms with E-state index in [1.165, 1.54) is 12.8 Å². The molecule has 0 spiro atoms. The number of anilines is 1. The minimum Gasteiger partial charge on any atom is -0.475 e. The number of rotatable bonds is 4. The summed E-state index contributed by atoms with van der Waals surface area (Å²) in [5.74, 6) is -2.76. The number of nitrogens with one attached hydrogen (secondary N) is 1. The number of halogens is 3. The number of piperidine rings is 1. The summed E-state index contributed by atoms with van der Waals surface area (Å²) in [5, 5.41) is 18.8. The first kappa shape index (κ1) is 22.6. The normalized spacial score (nSPS) is 22.7. The molecule has 11 heteroatoms. The highest BCUT2D eigenvalue weighted by atomic mass is 32.1. The van der Waals surface area contributed by atoms with E-state index >= 15 is 0 Å². The van der Waals surface area contributed by atoms with Gasteiger partial charge in [0.25, 0.3) is 0 Å². The van der Waals surface area contributed by atoms with Gasteiger partial charge in [-0.15, -0.1) is 0 Å². The van der Waals surface area contributed by atoms with E-state index in [0.29, 0.717) is 18.6 Å². The van der Waals surface area contributed by atoms with Crippen molar-refractivity contribution < 1.29 is 32.6 Å². The molecule has 2 aromatic rings. The van der Waals surface area contributed by atoms with Crippen LogP contribution >= 0.6 is 22.7 Å². The Hall–Kier alpha value is -2.11. The number of hydrogen-bond acceptors (Lipinski definition) is 6. The lowest BCUT2D eigenvalue weighted by Gasteiger charge is -2.31. The first-order chi connectivity index (χ1) is 14.2. The third-order valence-electron chi connectivity index (χ3n) is 4.90. The Morgan fingerprint density at radius 3 is 2.23 bits per heavy atom. The second-order valence-corrected chi connectivity index (χ2v) is 8.68. The average Bonchev–Trinajstić information content (AvgIpc) is 3.42. The number of ether oxygens (including phenoxy) is 1. The van der Waals surface area contributed by atoms with Crippen molar-refractivity contribution in [3.8, 4) is 0 Å². The maximum absolute atomic E-state index is 12.8. The lowest BCUT2D eigenvalue weighted by molar-refractivity contribution is -0.192. The Morgan fingerprint density at radius 2 is 1.73 bits per heavy atom. The minimum atomic E-state index is -5.08. The number of nitrogens with zero attached hydrogens (tertiary/aromatic N) is 1. The Kier molecular flexibility index (Phi) is 7.37. The van der Waals surface area contributed by atoms with Crippen LogP contribution in [0.3, 0.4) is 0 Å². The Morgan fingerprint density at radius 1 is 1.13 bits per heavy atom. The summed E-state index contributed by atoms with van der Waals surface area (Å²) in [5.41, 5.74) is 2.06. The van der Waals surface area contributed by atoms with Crippen LogP contribution in [0.2, 0.25) is 0 Å². The molecule has 2 fully saturated rings. The van der Waals surface area contributed by atoms with Gasteiger partial charge in [-0.3, -0.25) is 4.90 Å². The third kappa shape index (κ3) is 6.19. The van der Waals surface area contributed by atoms with E-state index in [9.17, 15) is 18.0 Å². The number of fused-ring (bicyclic) bond motifs is 2. The number of aliphatic carboxylic acids is 1. The fraction of sp³-hybridized carbons (Fsp3) is 0.474. The maximum atomic E-state index is 12.8. The van der Waals surface area contributed by atoms with Crippen molar-refractivity contribution in [3.05, 3.63) is 39.2 Å². The SMILES string of the molecule is O=C(O)C(F)(F)F.O=C(OC1CC2CCC(C1)N2)N(Cc1ccsc1)c1ccsc1. The summed E-state index contributed by atoms with van der Waals surface area (Å²) in [6, 6.07) is 5.09. The number of alkyl halides is 3. The fourth-order valence-corrected chi connectivity index (χ4v) is 4.85. The first-order valence-corrected chi connectivity index (χ1v) is 11.2. The van der Waals surface area contributed by atoms with Gasteiger partial charge in [-0.1, -0.05) is 0 Å². The van der Waals surface area contributed by atoms with Crippen LogP contribution in [0.5, 0.6) is 0 Å². The molecule has 2 aliphatic rings. The quantitative estimate of drug-likeness (QED) is 0.678. The van der Waals surface area contributed by atoms with Crippen LogP contribution in [0, 0.1) is 0 Å². The molecule has 2 unspecified atom stereocenters. The van der Waals surface area contributed by atoms with Crippen LogP contribution in [0.1, 0.15) is 31.2 Å². The smallest absolute Gasteiger partial charge is 0.475 e. The molecule has 2 atom stereocenters. The molecule has 1 amide bonds. The van der Waals surface area contributed by atoms with Gasteiger partial charge in [-0.25, -0.2) is 9.59 Å².